The Balaban J connectivity index is 1.24. The number of nitrogens with one attached hydrogen (secondary N) is 1. The summed E-state index contributed by atoms with van der Waals surface area (Å²) in [5.74, 6) is -0.225. The van der Waals surface area contributed by atoms with Crippen LogP contribution in [0.4, 0.5) is 8.78 Å². The number of ether oxygens (including phenoxy) is 2. The van der Waals surface area contributed by atoms with Crippen molar-refractivity contribution < 1.29 is 22.8 Å². The molecular formula is C24H21F2N5O3. The minimum absolute atomic E-state index is 0.0735. The van der Waals surface area contributed by atoms with Crippen LogP contribution in [0.3, 0.4) is 0 Å². The third-order valence-electron chi connectivity index (χ3n) is 5.30. The Morgan fingerprint density at radius 2 is 1.97 bits per heavy atom. The molecule has 174 valence electrons. The van der Waals surface area contributed by atoms with Gasteiger partial charge < -0.3 is 19.0 Å². The second-order valence-corrected chi connectivity index (χ2v) is 7.66. The van der Waals surface area contributed by atoms with Crippen LogP contribution in [0.1, 0.15) is 17.1 Å². The first-order valence-corrected chi connectivity index (χ1v) is 10.6. The van der Waals surface area contributed by atoms with Gasteiger partial charge in [-0.15, -0.1) is 0 Å². The fourth-order valence-electron chi connectivity index (χ4n) is 3.58. The summed E-state index contributed by atoms with van der Waals surface area (Å²) < 4.78 is 43.8. The van der Waals surface area contributed by atoms with Gasteiger partial charge in [0, 0.05) is 18.7 Å². The van der Waals surface area contributed by atoms with E-state index in [-0.39, 0.29) is 11.4 Å². The highest BCUT2D eigenvalue weighted by Gasteiger charge is 2.21. The summed E-state index contributed by atoms with van der Waals surface area (Å²) in [6.45, 7) is 1.76. The summed E-state index contributed by atoms with van der Waals surface area (Å²) in [5.41, 5.74) is 3.00. The largest absolute Gasteiger partial charge is 0.491 e. The molecule has 0 atom stereocenters. The van der Waals surface area contributed by atoms with E-state index < -0.39 is 11.6 Å². The number of rotatable bonds is 8. The lowest BCUT2D eigenvalue weighted by atomic mass is 10.1. The fourth-order valence-corrected chi connectivity index (χ4v) is 3.58. The number of fused-ring (bicyclic) bond motifs is 1. The molecule has 0 bridgehead atoms. The van der Waals surface area contributed by atoms with Gasteiger partial charge in [0.2, 0.25) is 0 Å². The molecular weight excluding hydrogens is 444 g/mol. The Hall–Kier alpha value is -4.05. The van der Waals surface area contributed by atoms with E-state index in [1.165, 1.54) is 12.1 Å². The molecule has 0 aliphatic carbocycles. The maximum Gasteiger partial charge on any atom is 0.169 e. The lowest BCUT2D eigenvalue weighted by molar-refractivity contribution is 0.146. The molecule has 1 aliphatic heterocycles. The van der Waals surface area contributed by atoms with Crippen molar-refractivity contribution in [1.82, 2.24) is 20.1 Å². The minimum atomic E-state index is -0.939. The number of nitrogens with zero attached hydrogens (tertiary/aromatic N) is 4. The molecule has 5 rings (SSSR count). The zero-order chi connectivity index (χ0) is 23.5. The van der Waals surface area contributed by atoms with Crippen LogP contribution in [0.5, 0.6) is 5.75 Å². The summed E-state index contributed by atoms with van der Waals surface area (Å²) in [6, 6.07) is 13.4. The van der Waals surface area contributed by atoms with E-state index in [2.05, 4.69) is 20.2 Å². The van der Waals surface area contributed by atoms with E-state index in [4.69, 9.17) is 14.0 Å². The van der Waals surface area contributed by atoms with Crippen LogP contribution in [0, 0.1) is 11.6 Å². The van der Waals surface area contributed by atoms with Crippen LogP contribution in [-0.2, 0) is 17.8 Å². The third kappa shape index (κ3) is 4.53. The van der Waals surface area contributed by atoms with E-state index >= 15 is 0 Å². The summed E-state index contributed by atoms with van der Waals surface area (Å²) in [4.78, 5) is 7.44. The van der Waals surface area contributed by atoms with Crippen LogP contribution < -0.4 is 4.74 Å². The van der Waals surface area contributed by atoms with E-state index in [0.29, 0.717) is 49.1 Å². The number of aromatic amines is 1. The molecule has 0 radical (unpaired) electrons. The van der Waals surface area contributed by atoms with Crippen LogP contribution >= 0.6 is 0 Å². The first-order valence-electron chi connectivity index (χ1n) is 10.6. The zero-order valence-corrected chi connectivity index (χ0v) is 18.3. The highest BCUT2D eigenvalue weighted by molar-refractivity contribution is 5.80. The number of hydrazone groups is 1. The smallest absolute Gasteiger partial charge is 0.169 e. The molecule has 0 fully saturated rings. The first-order chi connectivity index (χ1) is 16.6. The molecule has 1 aliphatic rings. The van der Waals surface area contributed by atoms with Gasteiger partial charge in [-0.05, 0) is 36.4 Å². The van der Waals surface area contributed by atoms with Crippen molar-refractivity contribution in [3.63, 3.8) is 0 Å². The molecule has 1 N–H and O–H groups in total. The number of halogens is 2. The third-order valence-corrected chi connectivity index (χ3v) is 5.30. The lowest BCUT2D eigenvalue weighted by Crippen LogP contribution is -2.21. The van der Waals surface area contributed by atoms with Crippen LogP contribution in [0.15, 0.2) is 58.2 Å². The van der Waals surface area contributed by atoms with Crippen molar-refractivity contribution in [3.05, 3.63) is 77.3 Å². The number of H-pyrrole nitrogens is 1. The molecule has 34 heavy (non-hydrogen) atoms. The molecule has 0 unspecified atom stereocenters. The first kappa shape index (κ1) is 21.8. The van der Waals surface area contributed by atoms with Crippen LogP contribution in [0.2, 0.25) is 0 Å². The number of methoxy groups -OCH3 is 1. The molecule has 4 aromatic rings. The van der Waals surface area contributed by atoms with Crippen molar-refractivity contribution in [2.24, 2.45) is 5.10 Å². The van der Waals surface area contributed by atoms with Crippen molar-refractivity contribution in [2.45, 2.75) is 13.1 Å². The van der Waals surface area contributed by atoms with Crippen molar-refractivity contribution in [3.8, 4) is 28.4 Å². The Morgan fingerprint density at radius 1 is 1.12 bits per heavy atom. The summed E-state index contributed by atoms with van der Waals surface area (Å²) >= 11 is 0. The molecule has 2 aromatic carbocycles. The molecule has 0 saturated carbocycles. The van der Waals surface area contributed by atoms with E-state index in [1.807, 2.05) is 30.3 Å². The van der Waals surface area contributed by atoms with Gasteiger partial charge in [0.05, 0.1) is 42.9 Å². The topological polar surface area (TPSA) is 88.8 Å². The summed E-state index contributed by atoms with van der Waals surface area (Å²) in [7, 11) is 1.63. The molecule has 0 amide bonds. The average molecular weight is 465 g/mol. The van der Waals surface area contributed by atoms with Gasteiger partial charge in [-0.25, -0.2) is 13.8 Å². The predicted octanol–water partition coefficient (Wildman–Crippen LogP) is 4.38. The quantitative estimate of drug-likeness (QED) is 0.389. The van der Waals surface area contributed by atoms with Crippen LogP contribution in [0.25, 0.3) is 22.6 Å². The highest BCUT2D eigenvalue weighted by Crippen LogP contribution is 2.26. The second-order valence-electron chi connectivity index (χ2n) is 7.66. The van der Waals surface area contributed by atoms with Gasteiger partial charge in [0.1, 0.15) is 23.9 Å². The van der Waals surface area contributed by atoms with Gasteiger partial charge in [0.15, 0.2) is 17.4 Å². The SMILES string of the molecule is COCCOc1ccc(-c2cc(CN3Cc4nc(-c5cccc(F)c5F)[nH]c4C=N3)on2)cc1. The zero-order valence-electron chi connectivity index (χ0n) is 18.3. The molecule has 10 heteroatoms. The van der Waals surface area contributed by atoms with Crippen molar-refractivity contribution in [2.75, 3.05) is 20.3 Å². The van der Waals surface area contributed by atoms with Crippen molar-refractivity contribution in [1.29, 1.82) is 0 Å². The standard InChI is InChI=1S/C24H21F2N5O3/c1-32-9-10-33-16-7-5-15(6-8-16)20-11-17(34-30-20)13-31-14-22-21(12-27-31)28-24(29-22)18-3-2-4-19(25)23(18)26/h2-8,11-12H,9-10,13-14H2,1H3,(H,28,29). The van der Waals surface area contributed by atoms with Gasteiger partial charge in [0.25, 0.3) is 0 Å². The Labute approximate surface area is 193 Å². The highest BCUT2D eigenvalue weighted by atomic mass is 19.2. The molecule has 2 aromatic heterocycles. The normalized spacial score (nSPS) is 12.7. The van der Waals surface area contributed by atoms with E-state index in [9.17, 15) is 8.78 Å². The van der Waals surface area contributed by atoms with Gasteiger partial charge in [-0.2, -0.15) is 5.10 Å². The Bertz CT molecular complexity index is 1320. The lowest BCUT2D eigenvalue weighted by Gasteiger charge is -2.19. The number of hydrogen-bond acceptors (Lipinski definition) is 7. The maximum absolute atomic E-state index is 14.1. The summed E-state index contributed by atoms with van der Waals surface area (Å²) in [5, 5.41) is 10.3. The number of imidazole rings is 1. The number of benzene rings is 2. The predicted molar refractivity (Wildman–Crippen MR) is 120 cm³/mol. The summed E-state index contributed by atoms with van der Waals surface area (Å²) in [6.07, 6.45) is 1.60. The van der Waals surface area contributed by atoms with Gasteiger partial charge >= 0.3 is 0 Å². The Morgan fingerprint density at radius 3 is 2.79 bits per heavy atom. The van der Waals surface area contributed by atoms with Crippen LogP contribution in [-0.4, -0.2) is 46.7 Å². The van der Waals surface area contributed by atoms with Gasteiger partial charge in [-0.1, -0.05) is 11.2 Å². The molecule has 3 heterocycles. The molecule has 8 nitrogen and oxygen atoms in total. The fraction of sp³-hybridized carbons (Fsp3) is 0.208. The van der Waals surface area contributed by atoms with E-state index in [0.717, 1.165) is 17.4 Å². The number of aromatic nitrogens is 3. The second kappa shape index (κ2) is 9.44. The maximum atomic E-state index is 14.1. The minimum Gasteiger partial charge on any atom is -0.491 e. The van der Waals surface area contributed by atoms with Gasteiger partial charge in [-0.3, -0.25) is 5.01 Å². The number of hydrogen-bond donors (Lipinski definition) is 1. The molecule has 0 spiro atoms. The average Bonchev–Trinajstić information content (AvgIpc) is 3.48. The monoisotopic (exact) mass is 465 g/mol. The van der Waals surface area contributed by atoms with E-state index in [1.54, 1.807) is 18.3 Å². The molecule has 0 saturated heterocycles. The Kier molecular flexibility index (Phi) is 6.05. The van der Waals surface area contributed by atoms with Crippen molar-refractivity contribution >= 4 is 6.21 Å².